The molecule has 0 fully saturated rings. The number of Topliss-reactive ketones (excluding diaryl/α,β-unsaturated/α-hetero) is 1. The molecule has 0 amide bonds. The first-order chi connectivity index (χ1) is 12.8. The van der Waals surface area contributed by atoms with Gasteiger partial charge in [-0.05, 0) is 55.4 Å². The molecule has 0 radical (unpaired) electrons. The van der Waals surface area contributed by atoms with Crippen molar-refractivity contribution in [1.82, 2.24) is 4.90 Å². The smallest absolute Gasteiger partial charge is 0.232 e. The van der Waals surface area contributed by atoms with E-state index in [0.717, 1.165) is 13.1 Å². The van der Waals surface area contributed by atoms with E-state index in [-0.39, 0.29) is 17.3 Å². The van der Waals surface area contributed by atoms with Crippen LogP contribution in [0.4, 0.5) is 0 Å². The first kappa shape index (κ1) is 19.7. The van der Waals surface area contributed by atoms with Crippen LogP contribution >= 0.6 is 23.2 Å². The van der Waals surface area contributed by atoms with Crippen LogP contribution in [0.3, 0.4) is 0 Å². The van der Waals surface area contributed by atoms with Crippen molar-refractivity contribution < 1.29 is 14.6 Å². The zero-order valence-electron chi connectivity index (χ0n) is 15.5. The van der Waals surface area contributed by atoms with E-state index in [1.807, 2.05) is 0 Å². The standard InChI is InChI=1S/C21H21Cl2NO3/c1-4-24(5-2)11-14-17(25)8-12(3)19-20(26)18(27-21(14)19)10-13-6-7-15(22)16(23)9-13/h6-10,25H,4-5,11H2,1-3H3/b18-10-. The average Bonchev–Trinajstić information content (AvgIpc) is 2.95. The first-order valence-electron chi connectivity index (χ1n) is 8.82. The molecule has 0 aliphatic carbocycles. The van der Waals surface area contributed by atoms with Crippen LogP contribution < -0.4 is 4.74 Å². The first-order valence-corrected chi connectivity index (χ1v) is 9.58. The fourth-order valence-corrected chi connectivity index (χ4v) is 3.46. The lowest BCUT2D eigenvalue weighted by atomic mass is 9.99. The molecular formula is C21H21Cl2NO3. The van der Waals surface area contributed by atoms with Gasteiger partial charge < -0.3 is 9.84 Å². The Bertz CT molecular complexity index is 934. The van der Waals surface area contributed by atoms with E-state index in [1.165, 1.54) is 0 Å². The second-order valence-corrected chi connectivity index (χ2v) is 7.28. The minimum Gasteiger partial charge on any atom is -0.507 e. The van der Waals surface area contributed by atoms with Crippen molar-refractivity contribution >= 4 is 35.1 Å². The number of fused-ring (bicyclic) bond motifs is 1. The van der Waals surface area contributed by atoms with E-state index in [9.17, 15) is 9.90 Å². The molecule has 0 atom stereocenters. The molecule has 3 rings (SSSR count). The van der Waals surface area contributed by atoms with Crippen LogP contribution in [0.25, 0.3) is 6.08 Å². The van der Waals surface area contributed by atoms with Crippen molar-refractivity contribution in [3.05, 3.63) is 62.3 Å². The second kappa shape index (κ2) is 7.93. The van der Waals surface area contributed by atoms with E-state index in [4.69, 9.17) is 27.9 Å². The summed E-state index contributed by atoms with van der Waals surface area (Å²) in [5, 5.41) is 11.3. The van der Waals surface area contributed by atoms with Gasteiger partial charge in [0.1, 0.15) is 11.5 Å². The number of hydrogen-bond donors (Lipinski definition) is 1. The van der Waals surface area contributed by atoms with Gasteiger partial charge in [-0.3, -0.25) is 9.69 Å². The third-order valence-corrected chi connectivity index (χ3v) is 5.48. The minimum atomic E-state index is -0.200. The molecule has 142 valence electrons. The predicted molar refractivity (Wildman–Crippen MR) is 109 cm³/mol. The van der Waals surface area contributed by atoms with Gasteiger partial charge in [-0.1, -0.05) is 43.1 Å². The predicted octanol–water partition coefficient (Wildman–Crippen LogP) is 5.47. The number of allylic oxidation sites excluding steroid dienone is 1. The number of carbonyl (C=O) groups is 1. The molecule has 0 spiro atoms. The molecule has 0 aromatic heterocycles. The number of ketones is 1. The van der Waals surface area contributed by atoms with Crippen molar-refractivity contribution in [2.45, 2.75) is 27.3 Å². The fourth-order valence-electron chi connectivity index (χ4n) is 3.16. The zero-order chi connectivity index (χ0) is 19.7. The van der Waals surface area contributed by atoms with Gasteiger partial charge in [-0.2, -0.15) is 0 Å². The summed E-state index contributed by atoms with van der Waals surface area (Å²) in [5.41, 5.74) is 2.53. The molecule has 0 saturated heterocycles. The Morgan fingerprint density at radius 3 is 2.48 bits per heavy atom. The number of halogens is 2. The Balaban J connectivity index is 2.04. The normalized spacial score (nSPS) is 14.7. The van der Waals surface area contributed by atoms with E-state index < -0.39 is 0 Å². The number of ether oxygens (including phenoxy) is 1. The highest BCUT2D eigenvalue weighted by atomic mass is 35.5. The summed E-state index contributed by atoms with van der Waals surface area (Å²) in [6, 6.07) is 6.74. The summed E-state index contributed by atoms with van der Waals surface area (Å²) < 4.78 is 5.92. The van der Waals surface area contributed by atoms with Gasteiger partial charge in [0.25, 0.3) is 0 Å². The summed E-state index contributed by atoms with van der Waals surface area (Å²) in [7, 11) is 0. The van der Waals surface area contributed by atoms with E-state index in [0.29, 0.717) is 44.6 Å². The van der Waals surface area contributed by atoms with Gasteiger partial charge in [-0.15, -0.1) is 0 Å². The van der Waals surface area contributed by atoms with E-state index >= 15 is 0 Å². The quantitative estimate of drug-likeness (QED) is 0.670. The number of aromatic hydroxyl groups is 1. The van der Waals surface area contributed by atoms with Crippen LogP contribution in [-0.4, -0.2) is 28.9 Å². The second-order valence-electron chi connectivity index (χ2n) is 6.47. The van der Waals surface area contributed by atoms with Crippen LogP contribution in [0.5, 0.6) is 11.5 Å². The molecule has 1 aliphatic heterocycles. The third kappa shape index (κ3) is 3.84. The molecule has 2 aromatic rings. The van der Waals surface area contributed by atoms with E-state index in [1.54, 1.807) is 37.3 Å². The molecule has 4 nitrogen and oxygen atoms in total. The van der Waals surface area contributed by atoms with Crippen LogP contribution in [0.15, 0.2) is 30.0 Å². The zero-order valence-corrected chi connectivity index (χ0v) is 17.0. The topological polar surface area (TPSA) is 49.8 Å². The molecule has 0 unspecified atom stereocenters. The highest BCUT2D eigenvalue weighted by Crippen LogP contribution is 2.42. The highest BCUT2D eigenvalue weighted by molar-refractivity contribution is 6.42. The monoisotopic (exact) mass is 405 g/mol. The average molecular weight is 406 g/mol. The largest absolute Gasteiger partial charge is 0.507 e. The number of rotatable bonds is 5. The molecule has 1 N–H and O–H groups in total. The van der Waals surface area contributed by atoms with Crippen molar-refractivity contribution in [3.8, 4) is 11.5 Å². The maximum Gasteiger partial charge on any atom is 0.232 e. The van der Waals surface area contributed by atoms with Gasteiger partial charge >= 0.3 is 0 Å². The van der Waals surface area contributed by atoms with Crippen LogP contribution in [0.2, 0.25) is 10.0 Å². The number of aryl methyl sites for hydroxylation is 1. The van der Waals surface area contributed by atoms with Crippen LogP contribution in [0, 0.1) is 6.92 Å². The van der Waals surface area contributed by atoms with Gasteiger partial charge in [0.05, 0.1) is 21.2 Å². The Kier molecular flexibility index (Phi) is 5.80. The molecule has 0 bridgehead atoms. The number of phenolic OH excluding ortho intramolecular Hbond substituents is 1. The van der Waals surface area contributed by atoms with E-state index in [2.05, 4.69) is 18.7 Å². The van der Waals surface area contributed by atoms with Crippen molar-refractivity contribution in [2.75, 3.05) is 13.1 Å². The Hall–Kier alpha value is -2.01. The molecule has 2 aromatic carbocycles. The van der Waals surface area contributed by atoms with Crippen LogP contribution in [0.1, 0.15) is 40.9 Å². The fraction of sp³-hybridized carbons (Fsp3) is 0.286. The van der Waals surface area contributed by atoms with Gasteiger partial charge in [0.2, 0.25) is 5.78 Å². The van der Waals surface area contributed by atoms with Crippen LogP contribution in [-0.2, 0) is 6.54 Å². The van der Waals surface area contributed by atoms with Gasteiger partial charge in [0.15, 0.2) is 5.76 Å². The third-order valence-electron chi connectivity index (χ3n) is 4.74. The summed E-state index contributed by atoms with van der Waals surface area (Å²) in [5.74, 6) is 0.588. The SMILES string of the molecule is CCN(CC)Cc1c(O)cc(C)c2c1O/C(=C\c1ccc(Cl)c(Cl)c1)C2=O. The summed E-state index contributed by atoms with van der Waals surface area (Å²) >= 11 is 12.0. The summed E-state index contributed by atoms with van der Waals surface area (Å²) in [4.78, 5) is 15.1. The minimum absolute atomic E-state index is 0.140. The summed E-state index contributed by atoms with van der Waals surface area (Å²) in [6.45, 7) is 8.07. The Morgan fingerprint density at radius 1 is 1.15 bits per heavy atom. The number of nitrogens with zero attached hydrogens (tertiary/aromatic N) is 1. The Labute approximate surface area is 169 Å². The number of benzene rings is 2. The maximum atomic E-state index is 12.9. The summed E-state index contributed by atoms with van der Waals surface area (Å²) in [6.07, 6.45) is 1.64. The number of phenols is 1. The van der Waals surface area contributed by atoms with Crippen molar-refractivity contribution in [2.24, 2.45) is 0 Å². The lowest BCUT2D eigenvalue weighted by Crippen LogP contribution is -2.22. The molecular weight excluding hydrogens is 385 g/mol. The highest BCUT2D eigenvalue weighted by Gasteiger charge is 2.33. The van der Waals surface area contributed by atoms with Gasteiger partial charge in [0, 0.05) is 6.54 Å². The van der Waals surface area contributed by atoms with Crippen molar-refractivity contribution in [3.63, 3.8) is 0 Å². The molecule has 1 aliphatic rings. The lowest BCUT2D eigenvalue weighted by molar-refractivity contribution is 0.101. The van der Waals surface area contributed by atoms with Gasteiger partial charge in [-0.25, -0.2) is 0 Å². The maximum absolute atomic E-state index is 12.9. The number of carbonyl (C=O) groups excluding carboxylic acids is 1. The molecule has 6 heteroatoms. The Morgan fingerprint density at radius 2 is 1.85 bits per heavy atom. The molecule has 27 heavy (non-hydrogen) atoms. The number of hydrogen-bond acceptors (Lipinski definition) is 4. The molecule has 0 saturated carbocycles. The van der Waals surface area contributed by atoms with Crippen molar-refractivity contribution in [1.29, 1.82) is 0 Å². The molecule has 1 heterocycles. The lowest BCUT2D eigenvalue weighted by Gasteiger charge is -2.20.